The van der Waals surface area contributed by atoms with Crippen LogP contribution >= 0.6 is 0 Å². The predicted molar refractivity (Wildman–Crippen MR) is 111 cm³/mol. The van der Waals surface area contributed by atoms with Gasteiger partial charge in [0.15, 0.2) is 0 Å². The van der Waals surface area contributed by atoms with Crippen LogP contribution in [0.1, 0.15) is 6.92 Å². The third-order valence-electron chi connectivity index (χ3n) is 4.45. The Balaban J connectivity index is 2.01. The van der Waals surface area contributed by atoms with Gasteiger partial charge in [-0.1, -0.05) is 0 Å². The van der Waals surface area contributed by atoms with E-state index in [1.54, 1.807) is 0 Å². The van der Waals surface area contributed by atoms with E-state index in [2.05, 4.69) is 10.0 Å². The number of fused-ring (bicyclic) bond motifs is 1. The minimum Gasteiger partial charge on any atom is -0.485 e. The van der Waals surface area contributed by atoms with Crippen LogP contribution in [0.5, 0.6) is 5.75 Å². The molecule has 1 aliphatic rings. The van der Waals surface area contributed by atoms with Gasteiger partial charge in [0.1, 0.15) is 17.7 Å². The molecular formula is C18H20FN3O7S2. The van der Waals surface area contributed by atoms with Crippen molar-refractivity contribution in [1.29, 1.82) is 0 Å². The molecule has 168 valence electrons. The molecule has 2 aromatic carbocycles. The number of halogens is 1. The van der Waals surface area contributed by atoms with Crippen LogP contribution in [0.3, 0.4) is 0 Å². The van der Waals surface area contributed by atoms with Gasteiger partial charge in [0.25, 0.3) is 10.0 Å². The number of ether oxygens (including phenoxy) is 1. The van der Waals surface area contributed by atoms with Gasteiger partial charge in [-0.05, 0) is 49.4 Å². The number of hydrogen-bond acceptors (Lipinski definition) is 6. The average Bonchev–Trinajstić information content (AvgIpc) is 2.71. The van der Waals surface area contributed by atoms with Crippen molar-refractivity contribution in [2.24, 2.45) is 0 Å². The van der Waals surface area contributed by atoms with Crippen LogP contribution in [0, 0.1) is 5.82 Å². The van der Waals surface area contributed by atoms with Gasteiger partial charge in [0, 0.05) is 12.2 Å². The van der Waals surface area contributed by atoms with E-state index in [0.717, 1.165) is 28.6 Å². The molecule has 0 aliphatic carbocycles. The molecule has 10 nitrogen and oxygen atoms in total. The molecule has 13 heteroatoms. The van der Waals surface area contributed by atoms with Crippen molar-refractivity contribution < 1.29 is 35.9 Å². The van der Waals surface area contributed by atoms with Gasteiger partial charge < -0.3 is 9.84 Å². The zero-order valence-electron chi connectivity index (χ0n) is 16.3. The summed E-state index contributed by atoms with van der Waals surface area (Å²) in [4.78, 5) is 10.8. The monoisotopic (exact) mass is 473 g/mol. The quantitative estimate of drug-likeness (QED) is 0.557. The molecule has 0 radical (unpaired) electrons. The lowest BCUT2D eigenvalue weighted by Crippen LogP contribution is -2.48. The zero-order chi connectivity index (χ0) is 22.8. The largest absolute Gasteiger partial charge is 0.485 e. The van der Waals surface area contributed by atoms with Gasteiger partial charge in [0.05, 0.1) is 22.9 Å². The van der Waals surface area contributed by atoms with Gasteiger partial charge in [-0.15, -0.1) is 0 Å². The fourth-order valence-corrected chi connectivity index (χ4v) is 5.05. The molecule has 1 unspecified atom stereocenters. The second-order valence-corrected chi connectivity index (χ2v) is 10.6. The molecule has 3 N–H and O–H groups in total. The van der Waals surface area contributed by atoms with Crippen molar-refractivity contribution in [2.75, 3.05) is 28.5 Å². The summed E-state index contributed by atoms with van der Waals surface area (Å²) >= 11 is 0. The van der Waals surface area contributed by atoms with Gasteiger partial charge in [-0.2, -0.15) is 0 Å². The van der Waals surface area contributed by atoms with Crippen LogP contribution < -0.4 is 19.1 Å². The van der Waals surface area contributed by atoms with Crippen molar-refractivity contribution in [3.05, 3.63) is 48.3 Å². The lowest BCUT2D eigenvalue weighted by Gasteiger charge is -2.35. The Morgan fingerprint density at radius 2 is 1.87 bits per heavy atom. The summed E-state index contributed by atoms with van der Waals surface area (Å²) in [6.45, 7) is 1.03. The summed E-state index contributed by atoms with van der Waals surface area (Å²) in [6, 6.07) is 8.27. The molecule has 0 bridgehead atoms. The van der Waals surface area contributed by atoms with E-state index in [4.69, 9.17) is 9.84 Å². The maximum Gasteiger partial charge on any atom is 0.409 e. The Morgan fingerprint density at radius 1 is 1.19 bits per heavy atom. The van der Waals surface area contributed by atoms with Crippen LogP contribution in [0.4, 0.5) is 20.6 Å². The van der Waals surface area contributed by atoms with E-state index >= 15 is 0 Å². The number of hydrogen-bond donors (Lipinski definition) is 3. The Hall–Kier alpha value is -2.90. The van der Waals surface area contributed by atoms with E-state index in [1.165, 1.54) is 25.1 Å². The van der Waals surface area contributed by atoms with Crippen LogP contribution in [0.15, 0.2) is 47.4 Å². The highest BCUT2D eigenvalue weighted by Gasteiger charge is 2.35. The van der Waals surface area contributed by atoms with Crippen molar-refractivity contribution in [1.82, 2.24) is 4.72 Å². The topological polar surface area (TPSA) is 142 Å². The number of benzene rings is 2. The lowest BCUT2D eigenvalue weighted by molar-refractivity contribution is 0.203. The number of carboxylic acid groups (broad SMARTS) is 1. The number of sulfonamides is 2. The Kier molecular flexibility index (Phi) is 6.38. The van der Waals surface area contributed by atoms with Gasteiger partial charge >= 0.3 is 6.09 Å². The summed E-state index contributed by atoms with van der Waals surface area (Å²) in [6.07, 6.45) is -2.20. The third-order valence-corrected chi connectivity index (χ3v) is 7.62. The molecule has 0 spiro atoms. The number of carbonyl (C=O) groups is 1. The van der Waals surface area contributed by atoms with Crippen molar-refractivity contribution in [3.63, 3.8) is 0 Å². The fraction of sp³-hybridized carbons (Fsp3) is 0.278. The van der Waals surface area contributed by atoms with Crippen LogP contribution in [-0.2, 0) is 20.0 Å². The molecule has 1 aliphatic heterocycles. The maximum atomic E-state index is 13.3. The van der Waals surface area contributed by atoms with E-state index in [1.807, 2.05) is 0 Å². The van der Waals surface area contributed by atoms with Crippen molar-refractivity contribution >= 4 is 37.5 Å². The van der Waals surface area contributed by atoms with Crippen LogP contribution in [-0.4, -0.2) is 53.0 Å². The molecule has 0 saturated heterocycles. The number of nitrogens with zero attached hydrogens (tertiary/aromatic N) is 1. The third kappa shape index (κ3) is 5.24. The smallest absolute Gasteiger partial charge is 0.409 e. The SMILES string of the molecule is CCS(=O)(=O)NCC1CN(S(=O)(=O)c2ccc(F)cc2)c2cc(NC(=O)O)ccc2O1. The van der Waals surface area contributed by atoms with E-state index in [9.17, 15) is 26.0 Å². The van der Waals surface area contributed by atoms with E-state index < -0.39 is 38.1 Å². The summed E-state index contributed by atoms with van der Waals surface area (Å²) in [5.41, 5.74) is 0.171. The number of nitrogens with one attached hydrogen (secondary N) is 2. The zero-order valence-corrected chi connectivity index (χ0v) is 17.9. The van der Waals surface area contributed by atoms with E-state index in [0.29, 0.717) is 0 Å². The van der Waals surface area contributed by atoms with Gasteiger partial charge in [-0.3, -0.25) is 9.62 Å². The fourth-order valence-electron chi connectivity index (χ4n) is 2.90. The minimum absolute atomic E-state index is 0.0603. The first-order valence-corrected chi connectivity index (χ1v) is 12.2. The molecule has 0 saturated carbocycles. The first-order valence-electron chi connectivity index (χ1n) is 9.08. The van der Waals surface area contributed by atoms with Gasteiger partial charge in [0.2, 0.25) is 10.0 Å². The van der Waals surface area contributed by atoms with Crippen LogP contribution in [0.25, 0.3) is 0 Å². The molecule has 0 aromatic heterocycles. The Labute approximate surface area is 178 Å². The molecule has 1 atom stereocenters. The summed E-state index contributed by atoms with van der Waals surface area (Å²) < 4.78 is 72.4. The normalized spacial score (nSPS) is 16.3. The average molecular weight is 474 g/mol. The molecule has 0 fully saturated rings. The molecule has 1 heterocycles. The first kappa shape index (κ1) is 22.8. The molecule has 2 aromatic rings. The highest BCUT2D eigenvalue weighted by atomic mass is 32.2. The predicted octanol–water partition coefficient (Wildman–Crippen LogP) is 1.81. The molecule has 1 amide bonds. The maximum absolute atomic E-state index is 13.3. The number of rotatable bonds is 7. The first-order chi connectivity index (χ1) is 14.5. The number of anilines is 2. The summed E-state index contributed by atoms with van der Waals surface area (Å²) in [7, 11) is -7.74. The van der Waals surface area contributed by atoms with Crippen molar-refractivity contribution in [3.8, 4) is 5.75 Å². The highest BCUT2D eigenvalue weighted by molar-refractivity contribution is 7.92. The second-order valence-electron chi connectivity index (χ2n) is 6.59. The van der Waals surface area contributed by atoms with E-state index in [-0.39, 0.29) is 40.9 Å². The lowest BCUT2D eigenvalue weighted by atomic mass is 10.2. The minimum atomic E-state index is -4.20. The summed E-state index contributed by atoms with van der Waals surface area (Å²) in [5, 5.41) is 11.1. The van der Waals surface area contributed by atoms with Crippen LogP contribution in [0.2, 0.25) is 0 Å². The second kappa shape index (κ2) is 8.69. The van der Waals surface area contributed by atoms with Crippen molar-refractivity contribution in [2.45, 2.75) is 17.9 Å². The molecular weight excluding hydrogens is 453 g/mol. The Morgan fingerprint density at radius 3 is 2.48 bits per heavy atom. The highest BCUT2D eigenvalue weighted by Crippen LogP contribution is 2.39. The van der Waals surface area contributed by atoms with Gasteiger partial charge in [-0.25, -0.2) is 30.7 Å². The summed E-state index contributed by atoms with van der Waals surface area (Å²) in [5.74, 6) is -0.646. The standard InChI is InChI=1S/C18H20FN3O7S2/c1-2-30(25,26)20-10-14-11-22(31(27,28)15-6-3-12(19)4-7-15)16-9-13(21-18(23)24)5-8-17(16)29-14/h3-9,14,20-21H,2,10-11H2,1H3,(H,23,24). The Bertz CT molecular complexity index is 1190. The number of amides is 1. The molecule has 3 rings (SSSR count). The molecule has 31 heavy (non-hydrogen) atoms.